The molecule has 3 unspecified atom stereocenters. The first-order chi connectivity index (χ1) is 10.1. The van der Waals surface area contributed by atoms with Gasteiger partial charge in [-0.05, 0) is 49.3 Å². The second kappa shape index (κ2) is 7.38. The smallest absolute Gasteiger partial charge is 0.135 e. The Morgan fingerprint density at radius 2 is 2.05 bits per heavy atom. The molecule has 2 N–H and O–H groups in total. The van der Waals surface area contributed by atoms with Crippen molar-refractivity contribution in [3.05, 3.63) is 23.8 Å². The lowest BCUT2D eigenvalue weighted by Gasteiger charge is -2.32. The van der Waals surface area contributed by atoms with Gasteiger partial charge >= 0.3 is 0 Å². The Bertz CT molecular complexity index is 530. The van der Waals surface area contributed by atoms with Crippen LogP contribution < -0.4 is 15.2 Å². The van der Waals surface area contributed by atoms with E-state index in [1.807, 2.05) is 18.2 Å². The summed E-state index contributed by atoms with van der Waals surface area (Å²) < 4.78 is 11.5. The third-order valence-corrected chi connectivity index (χ3v) is 4.36. The summed E-state index contributed by atoms with van der Waals surface area (Å²) >= 11 is 0. The average Bonchev–Trinajstić information content (AvgIpc) is 2.50. The molecule has 1 aliphatic carbocycles. The van der Waals surface area contributed by atoms with Gasteiger partial charge in [-0.1, -0.05) is 25.7 Å². The number of hydrogen-bond acceptors (Lipinski definition) is 3. The van der Waals surface area contributed by atoms with Crippen molar-refractivity contribution in [2.24, 2.45) is 17.6 Å². The van der Waals surface area contributed by atoms with Crippen LogP contribution in [0.15, 0.2) is 18.2 Å². The molecule has 0 bridgehead atoms. The van der Waals surface area contributed by atoms with Crippen LogP contribution in [0.4, 0.5) is 0 Å². The Labute approximate surface area is 127 Å². The van der Waals surface area contributed by atoms with Crippen LogP contribution in [-0.4, -0.2) is 19.8 Å². The average molecular weight is 287 g/mol. The molecule has 1 aliphatic rings. The highest BCUT2D eigenvalue weighted by atomic mass is 16.5. The topological polar surface area (TPSA) is 44.5 Å². The summed E-state index contributed by atoms with van der Waals surface area (Å²) in [5, 5.41) is 0. The maximum atomic E-state index is 6.20. The quantitative estimate of drug-likeness (QED) is 0.868. The second-order valence-electron chi connectivity index (χ2n) is 5.88. The Hall–Kier alpha value is -1.66. The van der Waals surface area contributed by atoms with E-state index in [0.717, 1.165) is 35.8 Å². The van der Waals surface area contributed by atoms with E-state index >= 15 is 0 Å². The fourth-order valence-electron chi connectivity index (χ4n) is 2.77. The van der Waals surface area contributed by atoms with Crippen LogP contribution in [0.25, 0.3) is 0 Å². The summed E-state index contributed by atoms with van der Waals surface area (Å²) in [6.45, 7) is 4.98. The van der Waals surface area contributed by atoms with Gasteiger partial charge in [0.25, 0.3) is 0 Å². The normalized spacial score (nSPS) is 24.9. The van der Waals surface area contributed by atoms with Crippen LogP contribution in [0.1, 0.15) is 38.7 Å². The van der Waals surface area contributed by atoms with E-state index in [9.17, 15) is 0 Å². The van der Waals surface area contributed by atoms with Crippen LogP contribution in [0.3, 0.4) is 0 Å². The van der Waals surface area contributed by atoms with Gasteiger partial charge in [-0.25, -0.2) is 0 Å². The van der Waals surface area contributed by atoms with Gasteiger partial charge in [-0.15, -0.1) is 0 Å². The number of ether oxygens (including phenoxy) is 2. The van der Waals surface area contributed by atoms with Gasteiger partial charge in [0.1, 0.15) is 11.5 Å². The van der Waals surface area contributed by atoms with Crippen molar-refractivity contribution in [3.63, 3.8) is 0 Å². The van der Waals surface area contributed by atoms with Crippen molar-refractivity contribution < 1.29 is 9.47 Å². The fourth-order valence-corrected chi connectivity index (χ4v) is 2.77. The van der Waals surface area contributed by atoms with E-state index in [1.165, 1.54) is 6.42 Å². The molecule has 21 heavy (non-hydrogen) atoms. The van der Waals surface area contributed by atoms with Crippen LogP contribution >= 0.6 is 0 Å². The fraction of sp³-hybridized carbons (Fsp3) is 0.556. The molecule has 0 heterocycles. The van der Waals surface area contributed by atoms with Crippen molar-refractivity contribution >= 4 is 0 Å². The van der Waals surface area contributed by atoms with E-state index in [-0.39, 0.29) is 6.10 Å². The third-order valence-electron chi connectivity index (χ3n) is 4.36. The standard InChI is InChI=1S/C18H25NO2/c1-13-6-7-17(11-14(13)2)21-18-9-8-16(20-3)12-15(18)5-4-10-19/h8-9,12-14,17H,6-7,10-11,19H2,1-3H3. The summed E-state index contributed by atoms with van der Waals surface area (Å²) in [5.74, 6) is 9.09. The minimum absolute atomic E-state index is 0.281. The Balaban J connectivity index is 2.15. The molecule has 0 amide bonds. The summed E-state index contributed by atoms with van der Waals surface area (Å²) in [4.78, 5) is 0. The molecule has 1 aromatic rings. The highest BCUT2D eigenvalue weighted by molar-refractivity contribution is 5.50. The summed E-state index contributed by atoms with van der Waals surface area (Å²) in [6.07, 6.45) is 3.73. The van der Waals surface area contributed by atoms with Gasteiger partial charge in [-0.3, -0.25) is 0 Å². The largest absolute Gasteiger partial charge is 0.497 e. The van der Waals surface area contributed by atoms with Crippen molar-refractivity contribution in [2.45, 2.75) is 39.2 Å². The van der Waals surface area contributed by atoms with E-state index in [0.29, 0.717) is 12.5 Å². The zero-order chi connectivity index (χ0) is 15.2. The summed E-state index contributed by atoms with van der Waals surface area (Å²) in [6, 6.07) is 5.77. The van der Waals surface area contributed by atoms with Crippen LogP contribution in [-0.2, 0) is 0 Å². The van der Waals surface area contributed by atoms with E-state index in [2.05, 4.69) is 25.7 Å². The van der Waals surface area contributed by atoms with E-state index < -0.39 is 0 Å². The molecule has 3 heteroatoms. The first-order valence-corrected chi connectivity index (χ1v) is 7.67. The highest BCUT2D eigenvalue weighted by Gasteiger charge is 2.26. The Morgan fingerprint density at radius 3 is 2.71 bits per heavy atom. The first-order valence-electron chi connectivity index (χ1n) is 7.67. The van der Waals surface area contributed by atoms with Crippen LogP contribution in [0.2, 0.25) is 0 Å². The van der Waals surface area contributed by atoms with Gasteiger partial charge in [0.05, 0.1) is 25.3 Å². The highest BCUT2D eigenvalue weighted by Crippen LogP contribution is 2.33. The van der Waals surface area contributed by atoms with Crippen molar-refractivity contribution in [1.82, 2.24) is 0 Å². The number of methoxy groups -OCH3 is 1. The molecule has 1 saturated carbocycles. The molecule has 114 valence electrons. The molecular formula is C18H25NO2. The maximum Gasteiger partial charge on any atom is 0.135 e. The number of nitrogens with two attached hydrogens (primary N) is 1. The summed E-state index contributed by atoms with van der Waals surface area (Å²) in [7, 11) is 1.65. The van der Waals surface area contributed by atoms with Crippen molar-refractivity contribution in [2.75, 3.05) is 13.7 Å². The predicted molar refractivity (Wildman–Crippen MR) is 85.5 cm³/mol. The van der Waals surface area contributed by atoms with Gasteiger partial charge in [-0.2, -0.15) is 0 Å². The third kappa shape index (κ3) is 4.15. The van der Waals surface area contributed by atoms with Crippen LogP contribution in [0, 0.1) is 23.7 Å². The van der Waals surface area contributed by atoms with Crippen LogP contribution in [0.5, 0.6) is 11.5 Å². The molecule has 0 aliphatic heterocycles. The lowest BCUT2D eigenvalue weighted by atomic mass is 9.80. The summed E-state index contributed by atoms with van der Waals surface area (Å²) in [5.41, 5.74) is 6.32. The monoisotopic (exact) mass is 287 g/mol. The first kappa shape index (κ1) is 15.7. The van der Waals surface area contributed by atoms with E-state index in [1.54, 1.807) is 7.11 Å². The van der Waals surface area contributed by atoms with Gasteiger partial charge in [0.2, 0.25) is 0 Å². The number of hydrogen-bond donors (Lipinski definition) is 1. The van der Waals surface area contributed by atoms with E-state index in [4.69, 9.17) is 15.2 Å². The second-order valence-corrected chi connectivity index (χ2v) is 5.88. The maximum absolute atomic E-state index is 6.20. The van der Waals surface area contributed by atoms with Crippen molar-refractivity contribution in [1.29, 1.82) is 0 Å². The molecule has 2 rings (SSSR count). The molecule has 1 fully saturated rings. The lowest BCUT2D eigenvalue weighted by Crippen LogP contribution is -2.28. The number of rotatable bonds is 3. The molecule has 0 radical (unpaired) electrons. The van der Waals surface area contributed by atoms with Gasteiger partial charge in [0, 0.05) is 0 Å². The Kier molecular flexibility index (Phi) is 5.52. The Morgan fingerprint density at radius 1 is 1.24 bits per heavy atom. The molecule has 1 aromatic carbocycles. The van der Waals surface area contributed by atoms with Gasteiger partial charge in [0.15, 0.2) is 0 Å². The molecule has 0 aromatic heterocycles. The zero-order valence-electron chi connectivity index (χ0n) is 13.2. The molecular weight excluding hydrogens is 262 g/mol. The van der Waals surface area contributed by atoms with Gasteiger partial charge < -0.3 is 15.2 Å². The molecule has 0 spiro atoms. The minimum atomic E-state index is 0.281. The number of benzene rings is 1. The predicted octanol–water partition coefficient (Wildman–Crippen LogP) is 3.21. The lowest BCUT2D eigenvalue weighted by molar-refractivity contribution is 0.100. The molecule has 3 atom stereocenters. The molecule has 0 saturated heterocycles. The SMILES string of the molecule is COc1ccc(OC2CCC(C)C(C)C2)c(C#CCN)c1. The van der Waals surface area contributed by atoms with Crippen molar-refractivity contribution in [3.8, 4) is 23.3 Å². The molecule has 3 nitrogen and oxygen atoms in total. The zero-order valence-corrected chi connectivity index (χ0v) is 13.2. The minimum Gasteiger partial charge on any atom is -0.497 e.